The van der Waals surface area contributed by atoms with Crippen molar-refractivity contribution in [3.05, 3.63) is 29.8 Å². The van der Waals surface area contributed by atoms with Gasteiger partial charge in [0.15, 0.2) is 0 Å². The number of sulfonamides is 1. The molecule has 1 atom stereocenters. The van der Waals surface area contributed by atoms with Gasteiger partial charge in [0.05, 0.1) is 4.90 Å². The first kappa shape index (κ1) is 15.0. The fourth-order valence-corrected chi connectivity index (χ4v) is 3.87. The lowest BCUT2D eigenvalue weighted by Crippen LogP contribution is -2.52. The third-order valence-electron chi connectivity index (χ3n) is 3.39. The number of nitrogens with zero attached hydrogens (tertiary/aromatic N) is 1. The van der Waals surface area contributed by atoms with Crippen molar-refractivity contribution in [2.45, 2.75) is 17.9 Å². The van der Waals surface area contributed by atoms with Gasteiger partial charge in [0.25, 0.3) is 5.91 Å². The molecule has 110 valence electrons. The third kappa shape index (κ3) is 2.84. The zero-order valence-corrected chi connectivity index (χ0v) is 12.4. The highest BCUT2D eigenvalue weighted by molar-refractivity contribution is 7.89. The van der Waals surface area contributed by atoms with E-state index in [2.05, 4.69) is 10.6 Å². The molecule has 1 fully saturated rings. The molecule has 0 aromatic heterocycles. The van der Waals surface area contributed by atoms with E-state index < -0.39 is 10.0 Å². The van der Waals surface area contributed by atoms with Crippen LogP contribution in [0.4, 0.5) is 0 Å². The molecule has 0 unspecified atom stereocenters. The van der Waals surface area contributed by atoms with Gasteiger partial charge in [0.1, 0.15) is 0 Å². The molecule has 1 saturated heterocycles. The normalized spacial score (nSPS) is 20.6. The van der Waals surface area contributed by atoms with Gasteiger partial charge >= 0.3 is 0 Å². The zero-order chi connectivity index (χ0) is 14.8. The summed E-state index contributed by atoms with van der Waals surface area (Å²) < 4.78 is 26.6. The van der Waals surface area contributed by atoms with E-state index in [-0.39, 0.29) is 16.8 Å². The minimum Gasteiger partial charge on any atom is -0.355 e. The fraction of sp³-hybridized carbons (Fsp3) is 0.462. The number of carbonyl (C=O) groups is 1. The molecule has 6 nitrogen and oxygen atoms in total. The van der Waals surface area contributed by atoms with E-state index >= 15 is 0 Å². The quantitative estimate of drug-likeness (QED) is 0.825. The maximum atomic E-state index is 12.5. The standard InChI is InChI=1S/C13H19N3O3S/c1-10-9-15-7-8-16(10)20(18,19)12-5-3-11(4-6-12)13(17)14-2/h3-6,10,15H,7-9H2,1-2H3,(H,14,17)/t10-/m1/s1. The first-order valence-corrected chi connectivity index (χ1v) is 7.95. The van der Waals surface area contributed by atoms with Gasteiger partial charge in [-0.15, -0.1) is 0 Å². The van der Waals surface area contributed by atoms with Crippen LogP contribution in [0.1, 0.15) is 17.3 Å². The van der Waals surface area contributed by atoms with E-state index in [1.54, 1.807) is 0 Å². The van der Waals surface area contributed by atoms with E-state index in [4.69, 9.17) is 0 Å². The Morgan fingerprint density at radius 3 is 2.55 bits per heavy atom. The Morgan fingerprint density at radius 2 is 2.00 bits per heavy atom. The largest absolute Gasteiger partial charge is 0.355 e. The van der Waals surface area contributed by atoms with Crippen LogP contribution in [0.25, 0.3) is 0 Å². The van der Waals surface area contributed by atoms with Gasteiger partial charge in [0.2, 0.25) is 10.0 Å². The summed E-state index contributed by atoms with van der Waals surface area (Å²) in [6, 6.07) is 5.94. The molecule has 1 aromatic carbocycles. The van der Waals surface area contributed by atoms with Gasteiger partial charge in [-0.1, -0.05) is 0 Å². The molecule has 0 bridgehead atoms. The number of rotatable bonds is 3. The molecule has 0 spiro atoms. The Balaban J connectivity index is 2.27. The highest BCUT2D eigenvalue weighted by Gasteiger charge is 2.30. The molecule has 7 heteroatoms. The van der Waals surface area contributed by atoms with Crippen molar-refractivity contribution in [3.8, 4) is 0 Å². The number of hydrogen-bond donors (Lipinski definition) is 2. The van der Waals surface area contributed by atoms with Crippen molar-refractivity contribution >= 4 is 15.9 Å². The van der Waals surface area contributed by atoms with Crippen LogP contribution >= 0.6 is 0 Å². The summed E-state index contributed by atoms with van der Waals surface area (Å²) in [6.07, 6.45) is 0. The lowest BCUT2D eigenvalue weighted by atomic mass is 10.2. The number of carbonyl (C=O) groups excluding carboxylic acids is 1. The number of benzene rings is 1. The molecule has 1 aliphatic heterocycles. The fourth-order valence-electron chi connectivity index (χ4n) is 2.24. The van der Waals surface area contributed by atoms with Gasteiger partial charge in [-0.25, -0.2) is 8.42 Å². The summed E-state index contributed by atoms with van der Waals surface area (Å²) in [7, 11) is -1.96. The Kier molecular flexibility index (Phi) is 4.42. The van der Waals surface area contributed by atoms with Crippen LogP contribution < -0.4 is 10.6 Å². The van der Waals surface area contributed by atoms with Crippen LogP contribution in [-0.2, 0) is 10.0 Å². The van der Waals surface area contributed by atoms with E-state index in [9.17, 15) is 13.2 Å². The SMILES string of the molecule is CNC(=O)c1ccc(S(=O)(=O)N2CCNC[C@H]2C)cc1. The second-order valence-corrected chi connectivity index (χ2v) is 6.66. The summed E-state index contributed by atoms with van der Waals surface area (Å²) in [5, 5.41) is 5.66. The lowest BCUT2D eigenvalue weighted by molar-refractivity contribution is 0.0963. The smallest absolute Gasteiger partial charge is 0.251 e. The van der Waals surface area contributed by atoms with Crippen molar-refractivity contribution in [2.75, 3.05) is 26.7 Å². The van der Waals surface area contributed by atoms with Gasteiger partial charge in [-0.3, -0.25) is 4.79 Å². The predicted octanol–water partition coefficient (Wildman–Crippen LogP) is 0.0286. The highest BCUT2D eigenvalue weighted by Crippen LogP contribution is 2.19. The van der Waals surface area contributed by atoms with Crippen molar-refractivity contribution < 1.29 is 13.2 Å². The minimum absolute atomic E-state index is 0.0765. The molecule has 1 amide bonds. The average Bonchev–Trinajstić information content (AvgIpc) is 2.47. The Bertz CT molecular complexity index is 583. The molecule has 1 aromatic rings. The number of nitrogens with one attached hydrogen (secondary N) is 2. The lowest BCUT2D eigenvalue weighted by Gasteiger charge is -2.32. The highest BCUT2D eigenvalue weighted by atomic mass is 32.2. The average molecular weight is 297 g/mol. The Labute approximate surface area is 119 Å². The van der Waals surface area contributed by atoms with Gasteiger partial charge in [-0.2, -0.15) is 4.31 Å². The van der Waals surface area contributed by atoms with Crippen LogP contribution in [0.2, 0.25) is 0 Å². The predicted molar refractivity (Wildman–Crippen MR) is 76.1 cm³/mol. The molecule has 1 heterocycles. The topological polar surface area (TPSA) is 78.5 Å². The second-order valence-electron chi connectivity index (χ2n) is 4.77. The van der Waals surface area contributed by atoms with Gasteiger partial charge < -0.3 is 10.6 Å². The van der Waals surface area contributed by atoms with Crippen LogP contribution in [0.5, 0.6) is 0 Å². The molecular weight excluding hydrogens is 278 g/mol. The molecule has 0 saturated carbocycles. The summed E-state index contributed by atoms with van der Waals surface area (Å²) in [4.78, 5) is 11.7. The van der Waals surface area contributed by atoms with E-state index in [1.807, 2.05) is 6.92 Å². The maximum absolute atomic E-state index is 12.5. The monoisotopic (exact) mass is 297 g/mol. The summed E-state index contributed by atoms with van der Waals surface area (Å²) >= 11 is 0. The molecule has 1 aliphatic rings. The molecule has 0 aliphatic carbocycles. The van der Waals surface area contributed by atoms with E-state index in [0.29, 0.717) is 25.2 Å². The zero-order valence-electron chi connectivity index (χ0n) is 11.6. The first-order valence-electron chi connectivity index (χ1n) is 6.51. The number of hydrogen-bond acceptors (Lipinski definition) is 4. The molecular formula is C13H19N3O3S. The summed E-state index contributed by atoms with van der Waals surface area (Å²) in [6.45, 7) is 3.64. The van der Waals surface area contributed by atoms with Gasteiger partial charge in [0, 0.05) is 38.3 Å². The Hall–Kier alpha value is -1.44. The van der Waals surface area contributed by atoms with E-state index in [1.165, 1.54) is 35.6 Å². The molecule has 2 N–H and O–H groups in total. The molecule has 0 radical (unpaired) electrons. The number of piperazine rings is 1. The molecule has 2 rings (SSSR count). The van der Waals surface area contributed by atoms with Crippen LogP contribution in [0.15, 0.2) is 29.2 Å². The van der Waals surface area contributed by atoms with Crippen molar-refractivity contribution in [1.82, 2.24) is 14.9 Å². The second kappa shape index (κ2) is 5.90. The van der Waals surface area contributed by atoms with Gasteiger partial charge in [-0.05, 0) is 31.2 Å². The van der Waals surface area contributed by atoms with Crippen molar-refractivity contribution in [3.63, 3.8) is 0 Å². The van der Waals surface area contributed by atoms with Crippen LogP contribution in [-0.4, -0.2) is 51.4 Å². The minimum atomic E-state index is -3.50. The third-order valence-corrected chi connectivity index (χ3v) is 5.42. The van der Waals surface area contributed by atoms with Crippen LogP contribution in [0.3, 0.4) is 0 Å². The Morgan fingerprint density at radius 1 is 1.35 bits per heavy atom. The van der Waals surface area contributed by atoms with Crippen LogP contribution in [0, 0.1) is 0 Å². The molecule has 20 heavy (non-hydrogen) atoms. The number of amides is 1. The summed E-state index contributed by atoms with van der Waals surface area (Å²) in [5.41, 5.74) is 0.444. The summed E-state index contributed by atoms with van der Waals surface area (Å²) in [5.74, 6) is -0.232. The first-order chi connectivity index (χ1) is 9.46. The van der Waals surface area contributed by atoms with E-state index in [0.717, 1.165) is 0 Å². The maximum Gasteiger partial charge on any atom is 0.251 e. The van der Waals surface area contributed by atoms with Crippen molar-refractivity contribution in [2.24, 2.45) is 0 Å². The van der Waals surface area contributed by atoms with Crippen molar-refractivity contribution in [1.29, 1.82) is 0 Å².